The fourth-order valence-electron chi connectivity index (χ4n) is 2.54. The van der Waals surface area contributed by atoms with E-state index < -0.39 is 33.7 Å². The fraction of sp³-hybridized carbons (Fsp3) is 0.500. The molecule has 1 aliphatic rings. The lowest BCUT2D eigenvalue weighted by Gasteiger charge is -2.26. The average Bonchev–Trinajstić information content (AvgIpc) is 2.43. The molecule has 0 bridgehead atoms. The summed E-state index contributed by atoms with van der Waals surface area (Å²) in [5.41, 5.74) is -1.17. The fourth-order valence-corrected chi connectivity index (χ4v) is 2.54. The smallest absolute Gasteiger partial charge is 0.285 e. The van der Waals surface area contributed by atoms with E-state index in [-0.39, 0.29) is 6.04 Å². The van der Waals surface area contributed by atoms with Crippen molar-refractivity contribution in [1.82, 2.24) is 5.32 Å². The molecule has 7 heteroatoms. The van der Waals surface area contributed by atoms with Gasteiger partial charge >= 0.3 is 0 Å². The van der Waals surface area contributed by atoms with E-state index in [1.54, 1.807) is 0 Å². The number of carbonyl (C=O) groups is 1. The van der Waals surface area contributed by atoms with Gasteiger partial charge in [0.25, 0.3) is 11.6 Å². The lowest BCUT2D eigenvalue weighted by molar-refractivity contribution is -0.385. The van der Waals surface area contributed by atoms with Gasteiger partial charge in [0.1, 0.15) is 5.56 Å². The standard InChI is InChI=1S/C14H16F2N2O3/c1-8-2-4-9(5-3-8)17-14(19)10-6-11(15)12(16)7-13(10)18(20)21/h6-9H,2-5H2,1H3,(H,17,19). The zero-order chi connectivity index (χ0) is 15.6. The van der Waals surface area contributed by atoms with Crippen LogP contribution in [-0.2, 0) is 0 Å². The molecule has 0 aromatic heterocycles. The second-order valence-corrected chi connectivity index (χ2v) is 5.47. The molecule has 0 heterocycles. The van der Waals surface area contributed by atoms with Gasteiger partial charge in [0, 0.05) is 6.04 Å². The summed E-state index contributed by atoms with van der Waals surface area (Å²) in [4.78, 5) is 22.1. The molecule has 0 spiro atoms. The normalized spacial score (nSPS) is 21.9. The zero-order valence-electron chi connectivity index (χ0n) is 11.6. The van der Waals surface area contributed by atoms with E-state index >= 15 is 0 Å². The third-order valence-electron chi connectivity index (χ3n) is 3.83. The number of hydrogen-bond acceptors (Lipinski definition) is 3. The van der Waals surface area contributed by atoms with Crippen LogP contribution in [0.2, 0.25) is 0 Å². The Labute approximate surface area is 120 Å². The molecular weight excluding hydrogens is 282 g/mol. The number of amides is 1. The van der Waals surface area contributed by atoms with Crippen LogP contribution in [-0.4, -0.2) is 16.9 Å². The summed E-state index contributed by atoms with van der Waals surface area (Å²) in [6.07, 6.45) is 3.49. The Morgan fingerprint density at radius 3 is 2.38 bits per heavy atom. The second-order valence-electron chi connectivity index (χ2n) is 5.47. The number of benzene rings is 1. The van der Waals surface area contributed by atoms with Crippen molar-refractivity contribution < 1.29 is 18.5 Å². The van der Waals surface area contributed by atoms with Crippen molar-refractivity contribution in [3.05, 3.63) is 39.4 Å². The number of nitrogens with zero attached hydrogens (tertiary/aromatic N) is 1. The maximum atomic E-state index is 13.2. The summed E-state index contributed by atoms with van der Waals surface area (Å²) in [5, 5.41) is 13.5. The molecule has 1 aromatic carbocycles. The van der Waals surface area contributed by atoms with Crippen LogP contribution in [0.1, 0.15) is 43.0 Å². The van der Waals surface area contributed by atoms with Crippen LogP contribution in [0.15, 0.2) is 12.1 Å². The highest BCUT2D eigenvalue weighted by atomic mass is 19.2. The van der Waals surface area contributed by atoms with Crippen LogP contribution in [0.4, 0.5) is 14.5 Å². The van der Waals surface area contributed by atoms with Gasteiger partial charge in [-0.25, -0.2) is 8.78 Å². The first-order chi connectivity index (χ1) is 9.88. The molecule has 0 unspecified atom stereocenters. The summed E-state index contributed by atoms with van der Waals surface area (Å²) < 4.78 is 26.3. The summed E-state index contributed by atoms with van der Waals surface area (Å²) in [7, 11) is 0. The van der Waals surface area contributed by atoms with Crippen molar-refractivity contribution in [2.45, 2.75) is 38.6 Å². The Hall–Kier alpha value is -2.05. The Kier molecular flexibility index (Phi) is 4.50. The van der Waals surface area contributed by atoms with E-state index in [1.165, 1.54) is 0 Å². The number of nitrogens with one attached hydrogen (secondary N) is 1. The predicted octanol–water partition coefficient (Wildman–Crippen LogP) is 3.18. The molecule has 0 aliphatic heterocycles. The van der Waals surface area contributed by atoms with Crippen LogP contribution in [0.3, 0.4) is 0 Å². The van der Waals surface area contributed by atoms with Gasteiger partial charge in [-0.1, -0.05) is 6.92 Å². The Balaban J connectivity index is 2.18. The molecule has 114 valence electrons. The molecule has 1 N–H and O–H groups in total. The van der Waals surface area contributed by atoms with Gasteiger partial charge in [-0.3, -0.25) is 14.9 Å². The number of nitro benzene ring substituents is 1. The summed E-state index contributed by atoms with van der Waals surface area (Å²) in [6.45, 7) is 2.12. The van der Waals surface area contributed by atoms with Crippen molar-refractivity contribution in [3.8, 4) is 0 Å². The topological polar surface area (TPSA) is 72.2 Å². The first-order valence-electron chi connectivity index (χ1n) is 6.82. The molecule has 1 amide bonds. The predicted molar refractivity (Wildman–Crippen MR) is 71.9 cm³/mol. The van der Waals surface area contributed by atoms with Crippen LogP contribution in [0.5, 0.6) is 0 Å². The molecule has 2 rings (SSSR count). The van der Waals surface area contributed by atoms with E-state index in [0.29, 0.717) is 18.1 Å². The van der Waals surface area contributed by atoms with Crippen LogP contribution >= 0.6 is 0 Å². The molecule has 1 fully saturated rings. The summed E-state index contributed by atoms with van der Waals surface area (Å²) in [5.74, 6) is -2.76. The van der Waals surface area contributed by atoms with Gasteiger partial charge in [-0.15, -0.1) is 0 Å². The van der Waals surface area contributed by atoms with Gasteiger partial charge in [0.2, 0.25) is 0 Å². The Bertz CT molecular complexity index is 570. The van der Waals surface area contributed by atoms with Gasteiger partial charge in [-0.2, -0.15) is 0 Å². The van der Waals surface area contributed by atoms with E-state index in [2.05, 4.69) is 12.2 Å². The Morgan fingerprint density at radius 1 is 1.24 bits per heavy atom. The maximum absolute atomic E-state index is 13.2. The Morgan fingerprint density at radius 2 is 1.81 bits per heavy atom. The van der Waals surface area contributed by atoms with Crippen LogP contribution in [0, 0.1) is 27.7 Å². The number of halogens is 2. The summed E-state index contributed by atoms with van der Waals surface area (Å²) in [6, 6.07) is 0.933. The molecule has 0 saturated heterocycles. The first-order valence-corrected chi connectivity index (χ1v) is 6.82. The minimum absolute atomic E-state index is 0.0820. The van der Waals surface area contributed by atoms with E-state index in [4.69, 9.17) is 0 Å². The lowest BCUT2D eigenvalue weighted by Crippen LogP contribution is -2.37. The molecule has 0 atom stereocenters. The minimum Gasteiger partial charge on any atom is -0.349 e. The molecule has 5 nitrogen and oxygen atoms in total. The highest BCUT2D eigenvalue weighted by molar-refractivity contribution is 5.98. The molecule has 21 heavy (non-hydrogen) atoms. The maximum Gasteiger partial charge on any atom is 0.285 e. The molecule has 1 aliphatic carbocycles. The van der Waals surface area contributed by atoms with Crippen molar-refractivity contribution in [2.24, 2.45) is 5.92 Å². The molecule has 1 saturated carbocycles. The van der Waals surface area contributed by atoms with E-state index in [1.807, 2.05) is 0 Å². The second kappa shape index (κ2) is 6.15. The molecule has 1 aromatic rings. The van der Waals surface area contributed by atoms with Crippen molar-refractivity contribution in [2.75, 3.05) is 0 Å². The molecular formula is C14H16F2N2O3. The zero-order valence-corrected chi connectivity index (χ0v) is 11.6. The van der Waals surface area contributed by atoms with Crippen molar-refractivity contribution >= 4 is 11.6 Å². The van der Waals surface area contributed by atoms with Crippen LogP contribution in [0.25, 0.3) is 0 Å². The number of nitro groups is 1. The van der Waals surface area contributed by atoms with Gasteiger partial charge < -0.3 is 5.32 Å². The first kappa shape index (κ1) is 15.3. The minimum atomic E-state index is -1.34. The molecule has 0 radical (unpaired) electrons. The number of carbonyl (C=O) groups excluding carboxylic acids is 1. The monoisotopic (exact) mass is 298 g/mol. The highest BCUT2D eigenvalue weighted by Crippen LogP contribution is 2.25. The SMILES string of the molecule is CC1CCC(NC(=O)c2cc(F)c(F)cc2[N+](=O)[O-])CC1. The van der Waals surface area contributed by atoms with Crippen molar-refractivity contribution in [3.63, 3.8) is 0 Å². The third kappa shape index (κ3) is 3.53. The van der Waals surface area contributed by atoms with Gasteiger partial charge in [0.05, 0.1) is 11.0 Å². The van der Waals surface area contributed by atoms with Gasteiger partial charge in [0.15, 0.2) is 11.6 Å². The summed E-state index contributed by atoms with van der Waals surface area (Å²) >= 11 is 0. The third-order valence-corrected chi connectivity index (χ3v) is 3.83. The van der Waals surface area contributed by atoms with Gasteiger partial charge in [-0.05, 0) is 37.7 Å². The highest BCUT2D eigenvalue weighted by Gasteiger charge is 2.26. The average molecular weight is 298 g/mol. The van der Waals surface area contributed by atoms with E-state index in [9.17, 15) is 23.7 Å². The lowest BCUT2D eigenvalue weighted by atomic mass is 9.87. The largest absolute Gasteiger partial charge is 0.349 e. The van der Waals surface area contributed by atoms with E-state index in [0.717, 1.165) is 25.7 Å². The van der Waals surface area contributed by atoms with Crippen molar-refractivity contribution in [1.29, 1.82) is 0 Å². The quantitative estimate of drug-likeness (QED) is 0.688. The number of hydrogen-bond donors (Lipinski definition) is 1. The van der Waals surface area contributed by atoms with Crippen LogP contribution < -0.4 is 5.32 Å². The number of rotatable bonds is 3.